The van der Waals surface area contributed by atoms with Crippen molar-refractivity contribution in [2.45, 2.75) is 46.6 Å². The van der Waals surface area contributed by atoms with Gasteiger partial charge in [-0.25, -0.2) is 0 Å². The molecule has 4 rings (SSSR count). The van der Waals surface area contributed by atoms with Crippen LogP contribution in [0.5, 0.6) is 0 Å². The lowest BCUT2D eigenvalue weighted by Gasteiger charge is -2.35. The fourth-order valence-electron chi connectivity index (χ4n) is 4.39. The van der Waals surface area contributed by atoms with E-state index in [-0.39, 0.29) is 11.3 Å². The Balaban J connectivity index is 1.39. The minimum absolute atomic E-state index is 0.0875. The third kappa shape index (κ3) is 3.97. The number of nitrogens with one attached hydrogen (secondary N) is 1. The number of fused-ring (bicyclic) bond motifs is 1. The van der Waals surface area contributed by atoms with Gasteiger partial charge < -0.3 is 4.90 Å². The van der Waals surface area contributed by atoms with Crippen molar-refractivity contribution < 1.29 is 4.79 Å². The van der Waals surface area contributed by atoms with Crippen molar-refractivity contribution in [2.75, 3.05) is 26.2 Å². The van der Waals surface area contributed by atoms with Gasteiger partial charge in [0.1, 0.15) is 0 Å². The first-order valence-electron chi connectivity index (χ1n) is 10.4. The van der Waals surface area contributed by atoms with Gasteiger partial charge in [-0.2, -0.15) is 5.10 Å². The Kier molecular flexibility index (Phi) is 5.23. The van der Waals surface area contributed by atoms with E-state index in [1.807, 2.05) is 23.2 Å². The molecule has 1 fully saturated rings. The van der Waals surface area contributed by atoms with E-state index in [1.165, 1.54) is 6.42 Å². The normalized spacial score (nSPS) is 20.8. The Morgan fingerprint density at radius 2 is 2.00 bits per heavy atom. The number of carbonyl (C=O) groups is 1. The third-order valence-corrected chi connectivity index (χ3v) is 6.34. The molecule has 3 heterocycles. The summed E-state index contributed by atoms with van der Waals surface area (Å²) < 4.78 is 0. The number of aryl methyl sites for hydroxylation is 1. The third-order valence-electron chi connectivity index (χ3n) is 6.34. The van der Waals surface area contributed by atoms with E-state index in [2.05, 4.69) is 46.9 Å². The van der Waals surface area contributed by atoms with Crippen LogP contribution in [0, 0.1) is 11.3 Å². The molecule has 0 saturated carbocycles. The molecule has 2 aromatic heterocycles. The smallest absolute Gasteiger partial charge is 0.274 e. The molecule has 1 atom stereocenters. The summed E-state index contributed by atoms with van der Waals surface area (Å²) in [6.07, 6.45) is 4.95. The van der Waals surface area contributed by atoms with Gasteiger partial charge in [0.15, 0.2) is 5.69 Å². The highest BCUT2D eigenvalue weighted by Crippen LogP contribution is 2.37. The fourth-order valence-corrected chi connectivity index (χ4v) is 4.39. The number of amides is 1. The standard InChI is InChI=1S/C22H31N5O/c1-22(2,3)16-7-8-19-18(14-16)20(25-24-19)21(28)27-12-10-26(11-13-27)15-17-6-4-5-9-23-17/h4-6,9,16H,7-8,10-15H2,1-3H3,(H,24,25)/t16-/m1/s1. The Bertz CT molecular complexity index is 815. The van der Waals surface area contributed by atoms with Crippen molar-refractivity contribution in [1.29, 1.82) is 0 Å². The van der Waals surface area contributed by atoms with Crippen molar-refractivity contribution in [1.82, 2.24) is 25.0 Å². The van der Waals surface area contributed by atoms with Crippen LogP contribution < -0.4 is 0 Å². The zero-order chi connectivity index (χ0) is 19.7. The minimum Gasteiger partial charge on any atom is -0.335 e. The molecule has 1 aliphatic carbocycles. The molecule has 0 spiro atoms. The van der Waals surface area contributed by atoms with Crippen LogP contribution in [-0.2, 0) is 19.4 Å². The largest absolute Gasteiger partial charge is 0.335 e. The lowest BCUT2D eigenvalue weighted by Crippen LogP contribution is -2.48. The van der Waals surface area contributed by atoms with Gasteiger partial charge in [0, 0.05) is 50.2 Å². The Hall–Kier alpha value is -2.21. The molecule has 6 heteroatoms. The number of carbonyl (C=O) groups excluding carboxylic acids is 1. The van der Waals surface area contributed by atoms with Crippen LogP contribution >= 0.6 is 0 Å². The van der Waals surface area contributed by atoms with E-state index in [0.29, 0.717) is 11.6 Å². The van der Waals surface area contributed by atoms with Crippen LogP contribution in [0.1, 0.15) is 54.6 Å². The number of nitrogens with zero attached hydrogens (tertiary/aromatic N) is 4. The maximum Gasteiger partial charge on any atom is 0.274 e. The minimum atomic E-state index is 0.0875. The van der Waals surface area contributed by atoms with E-state index in [1.54, 1.807) is 0 Å². The van der Waals surface area contributed by atoms with E-state index in [9.17, 15) is 4.79 Å². The SMILES string of the molecule is CC(C)(C)[C@@H]1CCc2[nH]nc(C(=O)N3CCN(Cc4ccccn4)CC3)c2C1. The van der Waals surface area contributed by atoms with Crippen LogP contribution in [0.4, 0.5) is 0 Å². The highest BCUT2D eigenvalue weighted by Gasteiger charge is 2.34. The molecule has 2 aliphatic rings. The topological polar surface area (TPSA) is 65.1 Å². The van der Waals surface area contributed by atoms with Crippen molar-refractivity contribution in [3.05, 3.63) is 47.0 Å². The van der Waals surface area contributed by atoms with Gasteiger partial charge in [0.2, 0.25) is 0 Å². The molecule has 1 saturated heterocycles. The van der Waals surface area contributed by atoms with Gasteiger partial charge in [-0.15, -0.1) is 0 Å². The van der Waals surface area contributed by atoms with Gasteiger partial charge in [-0.3, -0.25) is 19.8 Å². The number of aromatic nitrogens is 3. The second-order valence-electron chi connectivity index (χ2n) is 9.22. The lowest BCUT2D eigenvalue weighted by molar-refractivity contribution is 0.0619. The predicted octanol–water partition coefficient (Wildman–Crippen LogP) is 2.91. The number of piperazine rings is 1. The van der Waals surface area contributed by atoms with Crippen LogP contribution in [0.2, 0.25) is 0 Å². The maximum absolute atomic E-state index is 13.2. The summed E-state index contributed by atoms with van der Waals surface area (Å²) in [4.78, 5) is 21.9. The van der Waals surface area contributed by atoms with Crippen LogP contribution in [0.15, 0.2) is 24.4 Å². The molecule has 0 radical (unpaired) electrons. The van der Waals surface area contributed by atoms with Gasteiger partial charge in [-0.1, -0.05) is 26.8 Å². The summed E-state index contributed by atoms with van der Waals surface area (Å²) in [6, 6.07) is 6.02. The molecule has 0 aromatic carbocycles. The Labute approximate surface area is 167 Å². The van der Waals surface area contributed by atoms with Gasteiger partial charge in [0.05, 0.1) is 5.69 Å². The zero-order valence-electron chi connectivity index (χ0n) is 17.2. The summed E-state index contributed by atoms with van der Waals surface area (Å²) in [6.45, 7) is 11.0. The van der Waals surface area contributed by atoms with E-state index < -0.39 is 0 Å². The molecule has 0 bridgehead atoms. The zero-order valence-corrected chi connectivity index (χ0v) is 17.2. The summed E-state index contributed by atoms with van der Waals surface area (Å²) in [5.74, 6) is 0.684. The average molecular weight is 382 g/mol. The van der Waals surface area contributed by atoms with Crippen molar-refractivity contribution in [3.8, 4) is 0 Å². The first-order chi connectivity index (χ1) is 13.4. The quantitative estimate of drug-likeness (QED) is 0.888. The molecular weight excluding hydrogens is 350 g/mol. The number of rotatable bonds is 3. The number of aromatic amines is 1. The maximum atomic E-state index is 13.2. The molecule has 1 amide bonds. The van der Waals surface area contributed by atoms with Crippen LogP contribution in [0.3, 0.4) is 0 Å². The number of H-pyrrole nitrogens is 1. The van der Waals surface area contributed by atoms with Gasteiger partial charge in [-0.05, 0) is 42.7 Å². The second-order valence-corrected chi connectivity index (χ2v) is 9.22. The number of hydrogen-bond acceptors (Lipinski definition) is 4. The molecule has 1 N–H and O–H groups in total. The molecule has 6 nitrogen and oxygen atoms in total. The second kappa shape index (κ2) is 7.66. The molecule has 150 valence electrons. The summed E-state index contributed by atoms with van der Waals surface area (Å²) in [5, 5.41) is 7.58. The molecule has 2 aromatic rings. The van der Waals surface area contributed by atoms with Crippen LogP contribution in [-0.4, -0.2) is 57.1 Å². The summed E-state index contributed by atoms with van der Waals surface area (Å²) >= 11 is 0. The van der Waals surface area contributed by atoms with E-state index in [4.69, 9.17) is 0 Å². The van der Waals surface area contributed by atoms with E-state index >= 15 is 0 Å². The number of hydrogen-bond donors (Lipinski definition) is 1. The molecule has 28 heavy (non-hydrogen) atoms. The molecule has 0 unspecified atom stereocenters. The Morgan fingerprint density at radius 3 is 2.68 bits per heavy atom. The van der Waals surface area contributed by atoms with Crippen LogP contribution in [0.25, 0.3) is 0 Å². The van der Waals surface area contributed by atoms with Gasteiger partial charge in [0.25, 0.3) is 5.91 Å². The molecule has 1 aliphatic heterocycles. The lowest BCUT2D eigenvalue weighted by atomic mass is 9.71. The summed E-state index contributed by atoms with van der Waals surface area (Å²) in [5.41, 5.74) is 4.32. The number of pyridine rings is 1. The van der Waals surface area contributed by atoms with E-state index in [0.717, 1.165) is 62.5 Å². The van der Waals surface area contributed by atoms with Crippen molar-refractivity contribution in [2.24, 2.45) is 11.3 Å². The monoisotopic (exact) mass is 381 g/mol. The average Bonchev–Trinajstić information content (AvgIpc) is 3.11. The van der Waals surface area contributed by atoms with Crippen molar-refractivity contribution in [3.63, 3.8) is 0 Å². The molecular formula is C22H31N5O. The Morgan fingerprint density at radius 1 is 1.21 bits per heavy atom. The summed E-state index contributed by atoms with van der Waals surface area (Å²) in [7, 11) is 0. The highest BCUT2D eigenvalue weighted by atomic mass is 16.2. The van der Waals surface area contributed by atoms with Crippen molar-refractivity contribution >= 4 is 5.91 Å². The highest BCUT2D eigenvalue weighted by molar-refractivity contribution is 5.94. The predicted molar refractivity (Wildman–Crippen MR) is 109 cm³/mol. The fraction of sp³-hybridized carbons (Fsp3) is 0.591. The first kappa shape index (κ1) is 19.1. The van der Waals surface area contributed by atoms with Gasteiger partial charge >= 0.3 is 0 Å². The first-order valence-corrected chi connectivity index (χ1v) is 10.4.